The van der Waals surface area contributed by atoms with Crippen LogP contribution >= 0.6 is 15.9 Å². The van der Waals surface area contributed by atoms with E-state index in [0.717, 1.165) is 11.9 Å². The number of nitrogens with zero attached hydrogens (tertiary/aromatic N) is 3. The van der Waals surface area contributed by atoms with Crippen LogP contribution in [0, 0.1) is 17.0 Å². The van der Waals surface area contributed by atoms with Crippen molar-refractivity contribution < 1.29 is 10.0 Å². The number of nitrogens with one attached hydrogen (secondary N) is 1. The standard InChI is InChI=1S/C9H15BrN4O3/c1-7-12-9(14(16)17)6-13(7)5-8(15)4-11-3-2-10/h6,8,11,15H,2-5H2,1H3. The number of imidazole rings is 1. The number of hydrogen-bond acceptors (Lipinski definition) is 5. The third-order valence-corrected chi connectivity index (χ3v) is 2.61. The van der Waals surface area contributed by atoms with Gasteiger partial charge in [-0.15, -0.1) is 0 Å². The van der Waals surface area contributed by atoms with Crippen molar-refractivity contribution in [1.82, 2.24) is 14.9 Å². The number of aliphatic hydroxyl groups excluding tert-OH is 1. The van der Waals surface area contributed by atoms with Gasteiger partial charge in [0.1, 0.15) is 6.20 Å². The van der Waals surface area contributed by atoms with Crippen LogP contribution in [-0.4, -0.2) is 44.1 Å². The van der Waals surface area contributed by atoms with Crippen LogP contribution in [0.4, 0.5) is 5.82 Å². The Morgan fingerprint density at radius 1 is 1.76 bits per heavy atom. The van der Waals surface area contributed by atoms with Crippen LogP contribution in [0.3, 0.4) is 0 Å². The fourth-order valence-corrected chi connectivity index (χ4v) is 1.67. The van der Waals surface area contributed by atoms with E-state index < -0.39 is 11.0 Å². The molecule has 1 atom stereocenters. The summed E-state index contributed by atoms with van der Waals surface area (Å²) in [5, 5.41) is 24.1. The van der Waals surface area contributed by atoms with Gasteiger partial charge in [-0.05, 0) is 9.91 Å². The lowest BCUT2D eigenvalue weighted by molar-refractivity contribution is -0.389. The smallest absolute Gasteiger partial charge is 0.381 e. The molecule has 1 heterocycles. The average molecular weight is 307 g/mol. The zero-order valence-corrected chi connectivity index (χ0v) is 11.1. The molecule has 0 saturated carbocycles. The van der Waals surface area contributed by atoms with E-state index in [4.69, 9.17) is 0 Å². The fraction of sp³-hybridized carbons (Fsp3) is 0.667. The topological polar surface area (TPSA) is 93.2 Å². The molecule has 0 bridgehead atoms. The molecule has 1 aromatic heterocycles. The summed E-state index contributed by atoms with van der Waals surface area (Å²) < 4.78 is 1.58. The van der Waals surface area contributed by atoms with Gasteiger partial charge >= 0.3 is 5.82 Å². The van der Waals surface area contributed by atoms with Crippen molar-refractivity contribution >= 4 is 21.7 Å². The molecule has 0 saturated heterocycles. The van der Waals surface area contributed by atoms with Crippen molar-refractivity contribution in [1.29, 1.82) is 0 Å². The van der Waals surface area contributed by atoms with Crippen molar-refractivity contribution in [2.75, 3.05) is 18.4 Å². The van der Waals surface area contributed by atoms with Crippen LogP contribution in [-0.2, 0) is 6.54 Å². The summed E-state index contributed by atoms with van der Waals surface area (Å²) in [5.41, 5.74) is 0. The van der Waals surface area contributed by atoms with E-state index in [1.54, 1.807) is 11.5 Å². The second-order valence-electron chi connectivity index (χ2n) is 3.60. The van der Waals surface area contributed by atoms with Crippen LogP contribution < -0.4 is 5.32 Å². The maximum absolute atomic E-state index is 10.5. The van der Waals surface area contributed by atoms with Crippen molar-refractivity contribution in [3.63, 3.8) is 0 Å². The van der Waals surface area contributed by atoms with Gasteiger partial charge in [0.05, 0.1) is 12.6 Å². The Hall–Kier alpha value is -0.990. The van der Waals surface area contributed by atoms with Crippen molar-refractivity contribution in [2.45, 2.75) is 19.6 Å². The van der Waals surface area contributed by atoms with Gasteiger partial charge in [0, 0.05) is 25.3 Å². The molecule has 0 radical (unpaired) electrons. The highest BCUT2D eigenvalue weighted by atomic mass is 79.9. The van der Waals surface area contributed by atoms with Crippen LogP contribution in [0.5, 0.6) is 0 Å². The van der Waals surface area contributed by atoms with Gasteiger partial charge in [-0.1, -0.05) is 15.9 Å². The van der Waals surface area contributed by atoms with Crippen LogP contribution in [0.15, 0.2) is 6.20 Å². The molecule has 96 valence electrons. The largest absolute Gasteiger partial charge is 0.390 e. The molecule has 8 heteroatoms. The Labute approximate surface area is 107 Å². The maximum atomic E-state index is 10.5. The van der Waals surface area contributed by atoms with E-state index in [9.17, 15) is 15.2 Å². The highest BCUT2D eigenvalue weighted by Crippen LogP contribution is 2.10. The van der Waals surface area contributed by atoms with E-state index in [0.29, 0.717) is 18.9 Å². The fourth-order valence-electron chi connectivity index (χ4n) is 1.39. The predicted octanol–water partition coefficient (Wildman–Crippen LogP) is 0.445. The highest BCUT2D eigenvalue weighted by molar-refractivity contribution is 9.09. The number of rotatable bonds is 7. The molecule has 2 N–H and O–H groups in total. The van der Waals surface area contributed by atoms with Gasteiger partial charge in [-0.3, -0.25) is 0 Å². The molecule has 1 unspecified atom stereocenters. The van der Waals surface area contributed by atoms with Crippen LogP contribution in [0.1, 0.15) is 5.82 Å². The molecule has 0 spiro atoms. The summed E-state index contributed by atoms with van der Waals surface area (Å²) in [6.45, 7) is 3.17. The summed E-state index contributed by atoms with van der Waals surface area (Å²) in [7, 11) is 0. The lowest BCUT2D eigenvalue weighted by Crippen LogP contribution is -2.31. The first-order chi connectivity index (χ1) is 8.04. The summed E-state index contributed by atoms with van der Waals surface area (Å²) in [6.07, 6.45) is 0.741. The Morgan fingerprint density at radius 2 is 2.47 bits per heavy atom. The molecule has 0 aliphatic carbocycles. The summed E-state index contributed by atoms with van der Waals surface area (Å²) in [4.78, 5) is 13.8. The van der Waals surface area contributed by atoms with Gasteiger partial charge < -0.3 is 25.1 Å². The predicted molar refractivity (Wildman–Crippen MR) is 66.3 cm³/mol. The van der Waals surface area contributed by atoms with Crippen molar-refractivity contribution in [3.8, 4) is 0 Å². The van der Waals surface area contributed by atoms with Gasteiger partial charge in [-0.2, -0.15) is 0 Å². The van der Waals surface area contributed by atoms with Crippen LogP contribution in [0.25, 0.3) is 0 Å². The first-order valence-corrected chi connectivity index (χ1v) is 6.29. The van der Waals surface area contributed by atoms with Crippen LogP contribution in [0.2, 0.25) is 0 Å². The minimum atomic E-state index is -0.596. The van der Waals surface area contributed by atoms with Gasteiger partial charge in [-0.25, -0.2) is 0 Å². The van der Waals surface area contributed by atoms with Gasteiger partial charge in [0.25, 0.3) is 0 Å². The number of aromatic nitrogens is 2. The van der Waals surface area contributed by atoms with Crippen molar-refractivity contribution in [2.24, 2.45) is 0 Å². The van der Waals surface area contributed by atoms with Crippen molar-refractivity contribution in [3.05, 3.63) is 22.1 Å². The molecule has 0 fully saturated rings. The molecule has 0 aliphatic heterocycles. The Bertz CT molecular complexity index is 382. The second-order valence-corrected chi connectivity index (χ2v) is 4.40. The quantitative estimate of drug-likeness (QED) is 0.330. The Kier molecular flexibility index (Phi) is 5.52. The number of aryl methyl sites for hydroxylation is 1. The minimum Gasteiger partial charge on any atom is -0.390 e. The zero-order valence-electron chi connectivity index (χ0n) is 9.47. The van der Waals surface area contributed by atoms with Gasteiger partial charge in [0.2, 0.25) is 5.82 Å². The third-order valence-electron chi connectivity index (χ3n) is 2.21. The molecule has 1 aromatic rings. The Balaban J connectivity index is 2.52. The molecule has 0 aromatic carbocycles. The lowest BCUT2D eigenvalue weighted by Gasteiger charge is -2.11. The number of alkyl halides is 1. The average Bonchev–Trinajstić information content (AvgIpc) is 2.61. The first-order valence-electron chi connectivity index (χ1n) is 5.17. The lowest BCUT2D eigenvalue weighted by atomic mass is 10.3. The molecule has 17 heavy (non-hydrogen) atoms. The number of aliphatic hydroxyl groups is 1. The molecule has 1 rings (SSSR count). The SMILES string of the molecule is Cc1nc([N+](=O)[O-])cn1CC(O)CNCCBr. The Morgan fingerprint density at radius 3 is 3.00 bits per heavy atom. The summed E-state index contributed by atoms with van der Waals surface area (Å²) in [5.74, 6) is 0.333. The molecular formula is C9H15BrN4O3. The first kappa shape index (κ1) is 14.1. The zero-order chi connectivity index (χ0) is 12.8. The molecule has 0 amide bonds. The number of nitro groups is 1. The monoisotopic (exact) mass is 306 g/mol. The van der Waals surface area contributed by atoms with E-state index in [2.05, 4.69) is 26.2 Å². The number of halogens is 1. The molecule has 7 nitrogen and oxygen atoms in total. The van der Waals surface area contributed by atoms with E-state index >= 15 is 0 Å². The third kappa shape index (κ3) is 4.41. The van der Waals surface area contributed by atoms with E-state index in [-0.39, 0.29) is 5.82 Å². The maximum Gasteiger partial charge on any atom is 0.381 e. The van der Waals surface area contributed by atoms with E-state index in [1.807, 2.05) is 0 Å². The highest BCUT2D eigenvalue weighted by Gasteiger charge is 2.16. The normalized spacial score (nSPS) is 12.6. The number of hydrogen-bond donors (Lipinski definition) is 2. The molecule has 0 aliphatic rings. The summed E-state index contributed by atoms with van der Waals surface area (Å²) in [6, 6.07) is 0. The van der Waals surface area contributed by atoms with Gasteiger partial charge in [0.15, 0.2) is 0 Å². The van der Waals surface area contributed by atoms with E-state index in [1.165, 1.54) is 6.20 Å². The second kappa shape index (κ2) is 6.67. The molecular weight excluding hydrogens is 292 g/mol. The summed E-state index contributed by atoms with van der Waals surface area (Å²) >= 11 is 3.26. The minimum absolute atomic E-state index is 0.192.